The molecule has 0 aliphatic rings. The molecule has 1 N–H and O–H groups in total. The molecule has 0 heterocycles. The van der Waals surface area contributed by atoms with Crippen molar-refractivity contribution in [3.63, 3.8) is 0 Å². The summed E-state index contributed by atoms with van der Waals surface area (Å²) in [6.45, 7) is 4.29. The Kier molecular flexibility index (Phi) is 4.43. The van der Waals surface area contributed by atoms with Crippen LogP contribution in [-0.4, -0.2) is 19.1 Å². The number of carbonyl (C=O) groups excluding carboxylic acids is 1. The van der Waals surface area contributed by atoms with E-state index in [-0.39, 0.29) is 12.5 Å². The molecule has 0 spiro atoms. The molecule has 0 amide bonds. The highest BCUT2D eigenvalue weighted by atomic mass is 35.5. The highest BCUT2D eigenvalue weighted by Crippen LogP contribution is 2.19. The first-order chi connectivity index (χ1) is 7.13. The molecule has 0 atom stereocenters. The van der Waals surface area contributed by atoms with Crippen molar-refractivity contribution in [1.29, 1.82) is 0 Å². The minimum Gasteiger partial charge on any atom is -0.465 e. The number of ether oxygens (including phenoxy) is 1. The molecule has 1 rings (SSSR count). The van der Waals surface area contributed by atoms with Gasteiger partial charge < -0.3 is 10.1 Å². The molecule has 1 aromatic carbocycles. The van der Waals surface area contributed by atoms with E-state index in [1.807, 2.05) is 19.1 Å². The highest BCUT2D eigenvalue weighted by Gasteiger charge is 2.03. The van der Waals surface area contributed by atoms with E-state index in [0.29, 0.717) is 11.6 Å². The third-order valence-corrected chi connectivity index (χ3v) is 2.15. The molecule has 0 aliphatic carbocycles. The van der Waals surface area contributed by atoms with E-state index in [4.69, 9.17) is 16.3 Å². The van der Waals surface area contributed by atoms with E-state index >= 15 is 0 Å². The number of hydrogen-bond donors (Lipinski definition) is 1. The van der Waals surface area contributed by atoms with Crippen molar-refractivity contribution in [2.75, 3.05) is 18.5 Å². The van der Waals surface area contributed by atoms with Crippen LogP contribution in [0.3, 0.4) is 0 Å². The van der Waals surface area contributed by atoms with E-state index in [1.165, 1.54) is 0 Å². The Morgan fingerprint density at radius 2 is 2.27 bits per heavy atom. The van der Waals surface area contributed by atoms with Crippen molar-refractivity contribution in [2.24, 2.45) is 0 Å². The third kappa shape index (κ3) is 3.80. The third-order valence-electron chi connectivity index (χ3n) is 1.92. The Bertz CT molecular complexity index is 352. The summed E-state index contributed by atoms with van der Waals surface area (Å²) in [6.07, 6.45) is 0. The second kappa shape index (κ2) is 5.61. The molecule has 0 saturated heterocycles. The second-order valence-electron chi connectivity index (χ2n) is 3.12. The van der Waals surface area contributed by atoms with Crippen LogP contribution < -0.4 is 5.32 Å². The summed E-state index contributed by atoms with van der Waals surface area (Å²) in [7, 11) is 0. The van der Waals surface area contributed by atoms with Crippen LogP contribution in [-0.2, 0) is 9.53 Å². The maximum atomic E-state index is 11.1. The first-order valence-corrected chi connectivity index (χ1v) is 5.17. The van der Waals surface area contributed by atoms with Gasteiger partial charge in [-0.05, 0) is 37.6 Å². The zero-order chi connectivity index (χ0) is 11.3. The van der Waals surface area contributed by atoms with E-state index in [1.54, 1.807) is 13.0 Å². The molecule has 4 heteroatoms. The van der Waals surface area contributed by atoms with Crippen molar-refractivity contribution in [3.05, 3.63) is 28.8 Å². The molecule has 0 aromatic heterocycles. The fourth-order valence-electron chi connectivity index (χ4n) is 1.20. The first kappa shape index (κ1) is 11.9. The number of esters is 1. The van der Waals surface area contributed by atoms with E-state index in [2.05, 4.69) is 5.32 Å². The maximum absolute atomic E-state index is 11.1. The Labute approximate surface area is 94.4 Å². The molecule has 0 fully saturated rings. The van der Waals surface area contributed by atoms with E-state index < -0.39 is 0 Å². The Morgan fingerprint density at radius 1 is 1.53 bits per heavy atom. The smallest absolute Gasteiger partial charge is 0.325 e. The lowest BCUT2D eigenvalue weighted by Gasteiger charge is -2.08. The predicted octanol–water partition coefficient (Wildman–Crippen LogP) is 2.62. The largest absolute Gasteiger partial charge is 0.465 e. The summed E-state index contributed by atoms with van der Waals surface area (Å²) < 4.78 is 4.80. The molecular formula is C11H14ClNO2. The summed E-state index contributed by atoms with van der Waals surface area (Å²) in [5.74, 6) is -0.258. The lowest BCUT2D eigenvalue weighted by atomic mass is 10.2. The number of rotatable bonds is 4. The molecular weight excluding hydrogens is 214 g/mol. The second-order valence-corrected chi connectivity index (χ2v) is 3.55. The molecule has 0 aliphatic heterocycles. The summed E-state index contributed by atoms with van der Waals surface area (Å²) in [6, 6.07) is 5.47. The molecule has 0 unspecified atom stereocenters. The van der Waals surface area contributed by atoms with E-state index in [0.717, 1.165) is 11.3 Å². The zero-order valence-corrected chi connectivity index (χ0v) is 9.60. The molecule has 0 radical (unpaired) electrons. The Hall–Kier alpha value is -1.22. The topological polar surface area (TPSA) is 38.3 Å². The van der Waals surface area contributed by atoms with Gasteiger partial charge in [0, 0.05) is 10.7 Å². The van der Waals surface area contributed by atoms with Crippen LogP contribution in [0.15, 0.2) is 18.2 Å². The number of carbonyl (C=O) groups is 1. The Balaban J connectivity index is 2.54. The van der Waals surface area contributed by atoms with Gasteiger partial charge in [-0.2, -0.15) is 0 Å². The van der Waals surface area contributed by atoms with Crippen molar-refractivity contribution in [1.82, 2.24) is 0 Å². The van der Waals surface area contributed by atoms with Gasteiger partial charge in [0.05, 0.1) is 6.61 Å². The van der Waals surface area contributed by atoms with Gasteiger partial charge in [0.1, 0.15) is 6.54 Å². The average Bonchev–Trinajstić information content (AvgIpc) is 2.17. The zero-order valence-electron chi connectivity index (χ0n) is 8.84. The number of benzene rings is 1. The van der Waals surface area contributed by atoms with Gasteiger partial charge in [0.25, 0.3) is 0 Å². The van der Waals surface area contributed by atoms with Gasteiger partial charge in [0.2, 0.25) is 0 Å². The van der Waals surface area contributed by atoms with Crippen LogP contribution in [0, 0.1) is 6.92 Å². The molecule has 0 bridgehead atoms. The fourth-order valence-corrected chi connectivity index (χ4v) is 1.43. The van der Waals surface area contributed by atoms with Gasteiger partial charge in [-0.15, -0.1) is 0 Å². The van der Waals surface area contributed by atoms with Crippen LogP contribution >= 0.6 is 11.6 Å². The monoisotopic (exact) mass is 227 g/mol. The quantitative estimate of drug-likeness (QED) is 0.804. The van der Waals surface area contributed by atoms with Crippen molar-refractivity contribution in [2.45, 2.75) is 13.8 Å². The summed E-state index contributed by atoms with van der Waals surface area (Å²) in [4.78, 5) is 11.1. The number of halogens is 1. The number of nitrogens with one attached hydrogen (secondary N) is 1. The lowest BCUT2D eigenvalue weighted by Crippen LogP contribution is -2.17. The molecule has 15 heavy (non-hydrogen) atoms. The van der Waals surface area contributed by atoms with Crippen LogP contribution in [0.4, 0.5) is 5.69 Å². The van der Waals surface area contributed by atoms with Crippen LogP contribution in [0.2, 0.25) is 5.02 Å². The fraction of sp³-hybridized carbons (Fsp3) is 0.364. The summed E-state index contributed by atoms with van der Waals surface area (Å²) >= 11 is 5.81. The SMILES string of the molecule is CCOC(=O)CNc1ccc(Cl)cc1C. The predicted molar refractivity (Wildman–Crippen MR) is 61.3 cm³/mol. The van der Waals surface area contributed by atoms with E-state index in [9.17, 15) is 4.79 Å². The maximum Gasteiger partial charge on any atom is 0.325 e. The van der Waals surface area contributed by atoms with Gasteiger partial charge in [-0.3, -0.25) is 4.79 Å². The number of hydrogen-bond acceptors (Lipinski definition) is 3. The van der Waals surface area contributed by atoms with Crippen LogP contribution in [0.1, 0.15) is 12.5 Å². The van der Waals surface area contributed by atoms with Crippen LogP contribution in [0.5, 0.6) is 0 Å². The summed E-state index contributed by atoms with van der Waals surface area (Å²) in [5.41, 5.74) is 1.90. The van der Waals surface area contributed by atoms with Gasteiger partial charge in [0.15, 0.2) is 0 Å². The van der Waals surface area contributed by atoms with Gasteiger partial charge in [-0.25, -0.2) is 0 Å². The standard InChI is InChI=1S/C11H14ClNO2/c1-3-15-11(14)7-13-10-5-4-9(12)6-8(10)2/h4-6,13H,3,7H2,1-2H3. The number of anilines is 1. The van der Waals surface area contributed by atoms with Gasteiger partial charge in [-0.1, -0.05) is 11.6 Å². The molecule has 1 aromatic rings. The summed E-state index contributed by atoms with van der Waals surface area (Å²) in [5, 5.41) is 3.68. The molecule has 0 saturated carbocycles. The highest BCUT2D eigenvalue weighted by molar-refractivity contribution is 6.30. The molecule has 82 valence electrons. The first-order valence-electron chi connectivity index (χ1n) is 4.79. The lowest BCUT2D eigenvalue weighted by molar-refractivity contribution is -0.140. The van der Waals surface area contributed by atoms with Gasteiger partial charge >= 0.3 is 5.97 Å². The average molecular weight is 228 g/mol. The normalized spacial score (nSPS) is 9.80. The van der Waals surface area contributed by atoms with Crippen molar-refractivity contribution >= 4 is 23.3 Å². The van der Waals surface area contributed by atoms with Crippen molar-refractivity contribution < 1.29 is 9.53 Å². The Morgan fingerprint density at radius 3 is 2.87 bits per heavy atom. The molecule has 3 nitrogen and oxygen atoms in total. The minimum absolute atomic E-state index is 0.177. The number of aryl methyl sites for hydroxylation is 1. The minimum atomic E-state index is -0.258. The van der Waals surface area contributed by atoms with Crippen molar-refractivity contribution in [3.8, 4) is 0 Å². The van der Waals surface area contributed by atoms with Crippen LogP contribution in [0.25, 0.3) is 0 Å².